The first-order valence-corrected chi connectivity index (χ1v) is 12.4. The van der Waals surface area contributed by atoms with E-state index in [2.05, 4.69) is 22.5 Å². The Morgan fingerprint density at radius 2 is 1.67 bits per heavy atom. The Hall–Kier alpha value is -4.00. The lowest BCUT2D eigenvalue weighted by Crippen LogP contribution is -2.35. The van der Waals surface area contributed by atoms with Gasteiger partial charge in [0.05, 0.1) is 11.6 Å². The number of nitrogens with one attached hydrogen (secondary N) is 2. The van der Waals surface area contributed by atoms with Gasteiger partial charge in [-0.15, -0.1) is 0 Å². The smallest absolute Gasteiger partial charge is 0.255 e. The molecule has 0 bridgehead atoms. The van der Waals surface area contributed by atoms with Crippen LogP contribution in [0.5, 0.6) is 11.5 Å². The van der Waals surface area contributed by atoms with Crippen LogP contribution in [0, 0.1) is 5.92 Å². The van der Waals surface area contributed by atoms with E-state index in [9.17, 15) is 9.59 Å². The van der Waals surface area contributed by atoms with Crippen LogP contribution in [0.25, 0.3) is 0 Å². The molecule has 0 saturated carbocycles. The Morgan fingerprint density at radius 1 is 0.917 bits per heavy atom. The molecule has 2 aliphatic heterocycles. The van der Waals surface area contributed by atoms with Crippen molar-refractivity contribution in [2.75, 3.05) is 30.1 Å². The molecule has 0 aromatic heterocycles. The molecular formula is C29H31N3O4. The minimum Gasteiger partial charge on any atom is -0.454 e. The third-order valence-corrected chi connectivity index (χ3v) is 6.91. The first-order valence-electron chi connectivity index (χ1n) is 12.4. The minimum atomic E-state index is -0.281. The van der Waals surface area contributed by atoms with Crippen LogP contribution in [0.2, 0.25) is 0 Å². The number of hydrogen-bond donors (Lipinski definition) is 2. The second kappa shape index (κ2) is 10.3. The molecule has 5 rings (SSSR count). The van der Waals surface area contributed by atoms with Gasteiger partial charge in [-0.2, -0.15) is 0 Å². The average molecular weight is 486 g/mol. The van der Waals surface area contributed by atoms with E-state index in [1.165, 1.54) is 0 Å². The molecule has 0 spiro atoms. The summed E-state index contributed by atoms with van der Waals surface area (Å²) in [6.07, 6.45) is 2.17. The Balaban J connectivity index is 1.39. The number of amides is 2. The van der Waals surface area contributed by atoms with Crippen molar-refractivity contribution >= 4 is 23.2 Å². The quantitative estimate of drug-likeness (QED) is 0.489. The van der Waals surface area contributed by atoms with Crippen molar-refractivity contribution in [1.82, 2.24) is 5.32 Å². The molecule has 2 heterocycles. The fourth-order valence-electron chi connectivity index (χ4n) is 4.66. The zero-order chi connectivity index (χ0) is 25.1. The SMILES string of the molecule is CC1CCN(c2ccc(NC(=O)c3ccc4c(c3)OCO4)cc2C(=O)NC(C)c2ccccc2)CC1. The fraction of sp³-hybridized carbons (Fsp3) is 0.310. The van der Waals surface area contributed by atoms with Gasteiger partial charge < -0.3 is 25.0 Å². The van der Waals surface area contributed by atoms with Crippen LogP contribution in [-0.2, 0) is 0 Å². The summed E-state index contributed by atoms with van der Waals surface area (Å²) in [5, 5.41) is 6.07. The fourth-order valence-corrected chi connectivity index (χ4v) is 4.66. The molecule has 1 unspecified atom stereocenters. The summed E-state index contributed by atoms with van der Waals surface area (Å²) in [6, 6.07) is 20.4. The van der Waals surface area contributed by atoms with Crippen LogP contribution in [0.1, 0.15) is 59.0 Å². The predicted octanol–water partition coefficient (Wildman–Crippen LogP) is 5.39. The Morgan fingerprint density at radius 3 is 2.44 bits per heavy atom. The molecule has 2 aliphatic rings. The molecule has 0 aliphatic carbocycles. The number of benzene rings is 3. The normalized spacial score (nSPS) is 15.9. The molecule has 2 N–H and O–H groups in total. The van der Waals surface area contributed by atoms with Gasteiger partial charge in [0.1, 0.15) is 0 Å². The van der Waals surface area contributed by atoms with E-state index in [1.807, 2.05) is 49.4 Å². The number of carbonyl (C=O) groups is 2. The highest BCUT2D eigenvalue weighted by Gasteiger charge is 2.23. The topological polar surface area (TPSA) is 79.9 Å². The van der Waals surface area contributed by atoms with Crippen molar-refractivity contribution in [2.24, 2.45) is 5.92 Å². The Kier molecular flexibility index (Phi) is 6.80. The lowest BCUT2D eigenvalue weighted by Gasteiger charge is -2.33. The number of fused-ring (bicyclic) bond motifs is 1. The summed E-state index contributed by atoms with van der Waals surface area (Å²) in [7, 11) is 0. The van der Waals surface area contributed by atoms with E-state index >= 15 is 0 Å². The van der Waals surface area contributed by atoms with Crippen LogP contribution in [0.4, 0.5) is 11.4 Å². The Bertz CT molecular complexity index is 1250. The number of carbonyl (C=O) groups excluding carboxylic acids is 2. The summed E-state index contributed by atoms with van der Waals surface area (Å²) in [6.45, 7) is 6.19. The third-order valence-electron chi connectivity index (χ3n) is 6.91. The molecule has 3 aromatic carbocycles. The van der Waals surface area contributed by atoms with Gasteiger partial charge in [-0.3, -0.25) is 9.59 Å². The third kappa shape index (κ3) is 5.15. The number of anilines is 2. The lowest BCUT2D eigenvalue weighted by atomic mass is 9.97. The van der Waals surface area contributed by atoms with Crippen molar-refractivity contribution < 1.29 is 19.1 Å². The number of ether oxygens (including phenoxy) is 2. The van der Waals surface area contributed by atoms with Gasteiger partial charge in [-0.1, -0.05) is 37.3 Å². The van der Waals surface area contributed by atoms with Gasteiger partial charge in [0.25, 0.3) is 11.8 Å². The van der Waals surface area contributed by atoms with E-state index in [4.69, 9.17) is 9.47 Å². The highest BCUT2D eigenvalue weighted by molar-refractivity contribution is 6.06. The number of nitrogens with zero attached hydrogens (tertiary/aromatic N) is 1. The van der Waals surface area contributed by atoms with E-state index in [0.717, 1.165) is 37.2 Å². The Labute approximate surface area is 211 Å². The molecule has 1 atom stereocenters. The predicted molar refractivity (Wildman–Crippen MR) is 140 cm³/mol. The zero-order valence-corrected chi connectivity index (χ0v) is 20.6. The average Bonchev–Trinajstić information content (AvgIpc) is 3.38. The molecule has 1 saturated heterocycles. The van der Waals surface area contributed by atoms with Crippen LogP contribution in [0.3, 0.4) is 0 Å². The van der Waals surface area contributed by atoms with Gasteiger partial charge in [-0.25, -0.2) is 0 Å². The largest absolute Gasteiger partial charge is 0.454 e. The number of hydrogen-bond acceptors (Lipinski definition) is 5. The van der Waals surface area contributed by atoms with Crippen LogP contribution in [0.15, 0.2) is 66.7 Å². The van der Waals surface area contributed by atoms with Crippen LogP contribution < -0.4 is 25.0 Å². The first kappa shape index (κ1) is 23.7. The highest BCUT2D eigenvalue weighted by atomic mass is 16.7. The van der Waals surface area contributed by atoms with Crippen molar-refractivity contribution in [3.63, 3.8) is 0 Å². The molecule has 0 radical (unpaired) electrons. The minimum absolute atomic E-state index is 0.150. The molecule has 2 amide bonds. The molecule has 7 heteroatoms. The zero-order valence-electron chi connectivity index (χ0n) is 20.6. The summed E-state index contributed by atoms with van der Waals surface area (Å²) in [4.78, 5) is 28.7. The standard InChI is InChI=1S/C29H31N3O4/c1-19-12-14-32(15-13-19)25-10-9-23(31-28(33)22-8-11-26-27(16-22)36-18-35-26)17-24(25)29(34)30-20(2)21-6-4-3-5-7-21/h3-11,16-17,19-20H,12-15,18H2,1-2H3,(H,30,34)(H,31,33). The van der Waals surface area contributed by atoms with Gasteiger partial charge in [0.15, 0.2) is 11.5 Å². The van der Waals surface area contributed by atoms with Gasteiger partial charge >= 0.3 is 0 Å². The maximum Gasteiger partial charge on any atom is 0.255 e. The highest BCUT2D eigenvalue weighted by Crippen LogP contribution is 2.33. The molecule has 186 valence electrons. The van der Waals surface area contributed by atoms with Crippen molar-refractivity contribution in [3.8, 4) is 11.5 Å². The summed E-state index contributed by atoms with van der Waals surface area (Å²) in [5.41, 5.74) is 3.49. The van der Waals surface area contributed by atoms with E-state index in [0.29, 0.717) is 34.2 Å². The van der Waals surface area contributed by atoms with Crippen LogP contribution in [-0.4, -0.2) is 31.7 Å². The lowest BCUT2D eigenvalue weighted by molar-refractivity contribution is 0.0939. The monoisotopic (exact) mass is 485 g/mol. The number of rotatable bonds is 6. The van der Waals surface area contributed by atoms with Crippen LogP contribution >= 0.6 is 0 Å². The van der Waals surface area contributed by atoms with Crippen molar-refractivity contribution in [1.29, 1.82) is 0 Å². The van der Waals surface area contributed by atoms with E-state index in [1.54, 1.807) is 24.3 Å². The second-order valence-corrected chi connectivity index (χ2v) is 9.53. The van der Waals surface area contributed by atoms with Crippen molar-refractivity contribution in [2.45, 2.75) is 32.7 Å². The molecular weight excluding hydrogens is 454 g/mol. The number of piperidine rings is 1. The molecule has 3 aromatic rings. The molecule has 7 nitrogen and oxygen atoms in total. The van der Waals surface area contributed by atoms with E-state index < -0.39 is 0 Å². The maximum absolute atomic E-state index is 13.5. The first-order chi connectivity index (χ1) is 17.5. The molecule has 36 heavy (non-hydrogen) atoms. The van der Waals surface area contributed by atoms with Gasteiger partial charge in [0.2, 0.25) is 6.79 Å². The van der Waals surface area contributed by atoms with Gasteiger partial charge in [0, 0.05) is 30.0 Å². The molecule has 1 fully saturated rings. The summed E-state index contributed by atoms with van der Waals surface area (Å²) >= 11 is 0. The summed E-state index contributed by atoms with van der Waals surface area (Å²) < 4.78 is 10.7. The van der Waals surface area contributed by atoms with Crippen molar-refractivity contribution in [3.05, 3.63) is 83.4 Å². The summed E-state index contributed by atoms with van der Waals surface area (Å²) in [5.74, 6) is 1.40. The van der Waals surface area contributed by atoms with Gasteiger partial charge in [-0.05, 0) is 67.6 Å². The second-order valence-electron chi connectivity index (χ2n) is 9.53. The maximum atomic E-state index is 13.5. The van der Waals surface area contributed by atoms with E-state index in [-0.39, 0.29) is 24.6 Å².